The SMILES string of the molecule is CCOc1ccc(SCC(=O)Nc2cc(Cl)ccc2O)cc1. The first kappa shape index (κ1) is 16.5. The topological polar surface area (TPSA) is 58.6 Å². The third-order valence-electron chi connectivity index (χ3n) is 2.74. The van der Waals surface area contributed by atoms with Crippen LogP contribution in [0.1, 0.15) is 6.92 Å². The lowest BCUT2D eigenvalue weighted by Crippen LogP contribution is -2.14. The van der Waals surface area contributed by atoms with Crippen molar-refractivity contribution in [1.29, 1.82) is 0 Å². The average Bonchev–Trinajstić information content (AvgIpc) is 2.51. The van der Waals surface area contributed by atoms with E-state index >= 15 is 0 Å². The molecule has 0 heterocycles. The molecule has 0 aliphatic heterocycles. The van der Waals surface area contributed by atoms with E-state index in [-0.39, 0.29) is 17.4 Å². The number of thioether (sulfide) groups is 1. The second kappa shape index (κ2) is 7.96. The van der Waals surface area contributed by atoms with E-state index in [0.29, 0.717) is 17.3 Å². The lowest BCUT2D eigenvalue weighted by atomic mass is 10.3. The molecule has 6 heteroatoms. The number of amides is 1. The van der Waals surface area contributed by atoms with E-state index in [0.717, 1.165) is 10.6 Å². The van der Waals surface area contributed by atoms with Gasteiger partial charge in [-0.2, -0.15) is 0 Å². The summed E-state index contributed by atoms with van der Waals surface area (Å²) in [5.41, 5.74) is 0.310. The van der Waals surface area contributed by atoms with Gasteiger partial charge in [0.15, 0.2) is 0 Å². The van der Waals surface area contributed by atoms with E-state index in [1.54, 1.807) is 6.07 Å². The highest BCUT2D eigenvalue weighted by Gasteiger charge is 2.08. The Morgan fingerprint density at radius 1 is 1.27 bits per heavy atom. The molecular formula is C16H16ClNO3S. The van der Waals surface area contributed by atoms with E-state index in [9.17, 15) is 9.90 Å². The Balaban J connectivity index is 1.88. The van der Waals surface area contributed by atoms with Gasteiger partial charge < -0.3 is 15.2 Å². The third-order valence-corrected chi connectivity index (χ3v) is 3.98. The zero-order valence-corrected chi connectivity index (χ0v) is 13.6. The average molecular weight is 338 g/mol. The van der Waals surface area contributed by atoms with Crippen molar-refractivity contribution in [3.63, 3.8) is 0 Å². The molecule has 4 nitrogen and oxygen atoms in total. The smallest absolute Gasteiger partial charge is 0.234 e. The highest BCUT2D eigenvalue weighted by Crippen LogP contribution is 2.27. The Morgan fingerprint density at radius 2 is 2.00 bits per heavy atom. The maximum absolute atomic E-state index is 11.9. The second-order valence-corrected chi connectivity index (χ2v) is 5.89. The fourth-order valence-electron chi connectivity index (χ4n) is 1.74. The molecular weight excluding hydrogens is 322 g/mol. The van der Waals surface area contributed by atoms with E-state index < -0.39 is 0 Å². The van der Waals surface area contributed by atoms with Crippen LogP contribution in [-0.2, 0) is 4.79 Å². The Morgan fingerprint density at radius 3 is 2.68 bits per heavy atom. The summed E-state index contributed by atoms with van der Waals surface area (Å²) < 4.78 is 5.36. The molecule has 0 atom stereocenters. The van der Waals surface area contributed by atoms with E-state index in [2.05, 4.69) is 5.32 Å². The zero-order valence-electron chi connectivity index (χ0n) is 12.0. The van der Waals surface area contributed by atoms with Crippen LogP contribution in [0.4, 0.5) is 5.69 Å². The van der Waals surface area contributed by atoms with Gasteiger partial charge in [0, 0.05) is 9.92 Å². The van der Waals surface area contributed by atoms with Crippen molar-refractivity contribution in [3.05, 3.63) is 47.5 Å². The standard InChI is InChI=1S/C16H16ClNO3S/c1-2-21-12-4-6-13(7-5-12)22-10-16(20)18-14-9-11(17)3-8-15(14)19/h3-9,19H,2,10H2,1H3,(H,18,20). The van der Waals surface area contributed by atoms with Crippen LogP contribution in [0.25, 0.3) is 0 Å². The summed E-state index contributed by atoms with van der Waals surface area (Å²) in [6.07, 6.45) is 0. The number of carbonyl (C=O) groups excluding carboxylic acids is 1. The molecule has 0 aliphatic rings. The Hall–Kier alpha value is -1.85. The molecule has 1 amide bonds. The van der Waals surface area contributed by atoms with Crippen LogP contribution in [0.15, 0.2) is 47.4 Å². The Kier molecular flexibility index (Phi) is 5.98. The predicted molar refractivity (Wildman–Crippen MR) is 90.1 cm³/mol. The van der Waals surface area contributed by atoms with Gasteiger partial charge in [0.25, 0.3) is 0 Å². The lowest BCUT2D eigenvalue weighted by Gasteiger charge is -2.08. The largest absolute Gasteiger partial charge is 0.506 e. The molecule has 0 radical (unpaired) electrons. The summed E-state index contributed by atoms with van der Waals surface area (Å²) in [6, 6.07) is 12.0. The molecule has 0 saturated heterocycles. The van der Waals surface area contributed by atoms with Gasteiger partial charge in [-0.3, -0.25) is 4.79 Å². The van der Waals surface area contributed by atoms with Gasteiger partial charge in [-0.1, -0.05) is 11.6 Å². The van der Waals surface area contributed by atoms with Gasteiger partial charge in [0.1, 0.15) is 11.5 Å². The molecule has 22 heavy (non-hydrogen) atoms. The lowest BCUT2D eigenvalue weighted by molar-refractivity contribution is -0.113. The fraction of sp³-hybridized carbons (Fsp3) is 0.188. The minimum atomic E-state index is -0.212. The minimum absolute atomic E-state index is 0.0104. The van der Waals surface area contributed by atoms with Crippen LogP contribution in [0.5, 0.6) is 11.5 Å². The molecule has 2 N–H and O–H groups in total. The molecule has 0 spiro atoms. The van der Waals surface area contributed by atoms with Gasteiger partial charge in [0.05, 0.1) is 18.0 Å². The van der Waals surface area contributed by atoms with Gasteiger partial charge in [0.2, 0.25) is 5.91 Å². The number of anilines is 1. The first-order chi connectivity index (χ1) is 10.6. The number of carbonyl (C=O) groups is 1. The normalized spacial score (nSPS) is 10.3. The van der Waals surface area contributed by atoms with Crippen molar-refractivity contribution in [2.24, 2.45) is 0 Å². The number of halogens is 1. The first-order valence-electron chi connectivity index (χ1n) is 6.72. The molecule has 116 valence electrons. The predicted octanol–water partition coefficient (Wildman–Crippen LogP) is 4.18. The van der Waals surface area contributed by atoms with Crippen molar-refractivity contribution in [1.82, 2.24) is 0 Å². The van der Waals surface area contributed by atoms with Gasteiger partial charge in [-0.15, -0.1) is 11.8 Å². The summed E-state index contributed by atoms with van der Waals surface area (Å²) in [5, 5.41) is 12.7. The maximum atomic E-state index is 11.9. The molecule has 2 rings (SSSR count). The summed E-state index contributed by atoms with van der Waals surface area (Å²) in [6.45, 7) is 2.55. The Labute approximate surface area is 138 Å². The van der Waals surface area contributed by atoms with E-state index in [1.165, 1.54) is 23.9 Å². The van der Waals surface area contributed by atoms with Crippen LogP contribution in [-0.4, -0.2) is 23.4 Å². The molecule has 0 unspecified atom stereocenters. The fourth-order valence-corrected chi connectivity index (χ4v) is 2.61. The molecule has 0 saturated carbocycles. The Bertz CT molecular complexity index is 646. The van der Waals surface area contributed by atoms with Crippen molar-refractivity contribution in [2.75, 3.05) is 17.7 Å². The van der Waals surface area contributed by atoms with E-state index in [4.69, 9.17) is 16.3 Å². The zero-order chi connectivity index (χ0) is 15.9. The minimum Gasteiger partial charge on any atom is -0.506 e. The molecule has 0 fully saturated rings. The molecule has 2 aromatic rings. The molecule has 0 bridgehead atoms. The summed E-state index contributed by atoms with van der Waals surface area (Å²) in [4.78, 5) is 12.9. The van der Waals surface area contributed by atoms with E-state index in [1.807, 2.05) is 31.2 Å². The van der Waals surface area contributed by atoms with Crippen LogP contribution < -0.4 is 10.1 Å². The number of phenolic OH excluding ortho intramolecular Hbond substituents is 1. The van der Waals surface area contributed by atoms with Gasteiger partial charge in [-0.05, 0) is 49.4 Å². The highest BCUT2D eigenvalue weighted by molar-refractivity contribution is 8.00. The van der Waals surface area contributed by atoms with Crippen molar-refractivity contribution in [2.45, 2.75) is 11.8 Å². The summed E-state index contributed by atoms with van der Waals surface area (Å²) in [5.74, 6) is 0.820. The van der Waals surface area contributed by atoms with Crippen LogP contribution in [0, 0.1) is 0 Å². The maximum Gasteiger partial charge on any atom is 0.234 e. The van der Waals surface area contributed by atoms with Crippen LogP contribution in [0.2, 0.25) is 5.02 Å². The van der Waals surface area contributed by atoms with Crippen molar-refractivity contribution in [3.8, 4) is 11.5 Å². The summed E-state index contributed by atoms with van der Waals surface area (Å²) >= 11 is 7.24. The number of nitrogens with one attached hydrogen (secondary N) is 1. The highest BCUT2D eigenvalue weighted by atomic mass is 35.5. The van der Waals surface area contributed by atoms with Crippen LogP contribution in [0.3, 0.4) is 0 Å². The number of ether oxygens (including phenoxy) is 1. The second-order valence-electron chi connectivity index (χ2n) is 4.40. The number of benzene rings is 2. The number of hydrogen-bond acceptors (Lipinski definition) is 4. The number of rotatable bonds is 6. The monoisotopic (exact) mass is 337 g/mol. The van der Waals surface area contributed by atoms with Crippen molar-refractivity contribution < 1.29 is 14.6 Å². The summed E-state index contributed by atoms with van der Waals surface area (Å²) in [7, 11) is 0. The van der Waals surface area contributed by atoms with Crippen LogP contribution >= 0.6 is 23.4 Å². The van der Waals surface area contributed by atoms with Gasteiger partial charge >= 0.3 is 0 Å². The quantitative estimate of drug-likeness (QED) is 0.613. The number of phenols is 1. The molecule has 0 aliphatic carbocycles. The number of aromatic hydroxyl groups is 1. The van der Waals surface area contributed by atoms with Gasteiger partial charge in [-0.25, -0.2) is 0 Å². The molecule has 2 aromatic carbocycles. The molecule has 0 aromatic heterocycles. The van der Waals surface area contributed by atoms with Crippen molar-refractivity contribution >= 4 is 35.0 Å². The third kappa shape index (κ3) is 4.86. The number of hydrogen-bond donors (Lipinski definition) is 2. The first-order valence-corrected chi connectivity index (χ1v) is 8.09.